The molecule has 8 heteroatoms. The van der Waals surface area contributed by atoms with Crippen LogP contribution in [0.25, 0.3) is 0 Å². The van der Waals surface area contributed by atoms with Crippen molar-refractivity contribution >= 4 is 27.3 Å². The van der Waals surface area contributed by atoms with Gasteiger partial charge in [0.05, 0.1) is 4.90 Å². The molecular weight excluding hydrogens is 334 g/mol. The first-order valence-corrected chi connectivity index (χ1v) is 9.55. The molecule has 1 amide bonds. The van der Waals surface area contributed by atoms with Crippen molar-refractivity contribution in [2.45, 2.75) is 30.7 Å². The molecule has 0 saturated heterocycles. The summed E-state index contributed by atoms with van der Waals surface area (Å²) in [5.41, 5.74) is 1.00. The maximum absolute atomic E-state index is 12.4. The molecule has 0 atom stereocenters. The Labute approximate surface area is 138 Å². The summed E-state index contributed by atoms with van der Waals surface area (Å²) < 4.78 is 28.9. The van der Waals surface area contributed by atoms with Crippen molar-refractivity contribution in [3.8, 4) is 0 Å². The molecule has 6 nitrogen and oxygen atoms in total. The van der Waals surface area contributed by atoms with Gasteiger partial charge in [0.1, 0.15) is 0 Å². The molecule has 0 radical (unpaired) electrons. The van der Waals surface area contributed by atoms with E-state index < -0.39 is 15.9 Å². The summed E-state index contributed by atoms with van der Waals surface area (Å²) in [6.07, 6.45) is 3.53. The summed E-state index contributed by atoms with van der Waals surface area (Å²) in [6.45, 7) is 1.77. The largest absolute Gasteiger partial charge is 0.327 e. The molecule has 0 aliphatic heterocycles. The van der Waals surface area contributed by atoms with E-state index in [0.717, 1.165) is 12.8 Å². The highest BCUT2D eigenvalue weighted by Gasteiger charge is 2.28. The number of aromatic nitrogens is 1. The first kappa shape index (κ1) is 16.1. The minimum Gasteiger partial charge on any atom is -0.327 e. The van der Waals surface area contributed by atoms with Gasteiger partial charge in [-0.25, -0.2) is 13.1 Å². The summed E-state index contributed by atoms with van der Waals surface area (Å²) >= 11 is 1.35. The molecule has 1 aromatic heterocycles. The van der Waals surface area contributed by atoms with Crippen molar-refractivity contribution in [3.63, 3.8) is 0 Å². The normalized spacial score (nSPS) is 15.8. The monoisotopic (exact) mass is 351 g/mol. The van der Waals surface area contributed by atoms with Crippen LogP contribution in [0.5, 0.6) is 0 Å². The molecule has 1 fully saturated rings. The molecule has 1 N–H and O–H groups in total. The number of nitrogens with zero attached hydrogens (tertiary/aromatic N) is 2. The minimum atomic E-state index is -3.59. The fraction of sp³-hybridized carbons (Fsp3) is 0.333. The number of amides is 1. The molecule has 23 heavy (non-hydrogen) atoms. The number of aryl methyl sites for hydroxylation is 2. The molecule has 1 aliphatic rings. The van der Waals surface area contributed by atoms with Crippen LogP contribution in [-0.4, -0.2) is 24.9 Å². The molecule has 3 rings (SSSR count). The maximum atomic E-state index is 12.4. The average molecular weight is 351 g/mol. The van der Waals surface area contributed by atoms with Gasteiger partial charge in [-0.2, -0.15) is 4.99 Å². The summed E-state index contributed by atoms with van der Waals surface area (Å²) in [7, 11) is -1.78. The van der Waals surface area contributed by atoms with E-state index in [9.17, 15) is 13.2 Å². The third kappa shape index (κ3) is 3.60. The number of rotatable bonds is 4. The predicted octanol–water partition coefficient (Wildman–Crippen LogP) is 1.58. The van der Waals surface area contributed by atoms with Crippen molar-refractivity contribution < 1.29 is 13.2 Å². The highest BCUT2D eigenvalue weighted by molar-refractivity contribution is 7.89. The third-order valence-corrected chi connectivity index (χ3v) is 5.97. The van der Waals surface area contributed by atoms with Crippen LogP contribution in [0.15, 0.2) is 39.7 Å². The molecule has 0 unspecified atom stereocenters. The quantitative estimate of drug-likeness (QED) is 0.908. The van der Waals surface area contributed by atoms with E-state index in [2.05, 4.69) is 9.71 Å². The lowest BCUT2D eigenvalue weighted by Gasteiger charge is -2.08. The Morgan fingerprint density at radius 2 is 2.13 bits per heavy atom. The zero-order valence-electron chi connectivity index (χ0n) is 12.8. The molecule has 1 aliphatic carbocycles. The zero-order chi connectivity index (χ0) is 16.6. The topological polar surface area (TPSA) is 80.5 Å². The summed E-state index contributed by atoms with van der Waals surface area (Å²) in [5, 5.41) is 1.83. The number of hydrogen-bond acceptors (Lipinski definition) is 4. The molecule has 0 spiro atoms. The van der Waals surface area contributed by atoms with Gasteiger partial charge in [-0.3, -0.25) is 4.79 Å². The van der Waals surface area contributed by atoms with Crippen molar-refractivity contribution in [2.75, 3.05) is 0 Å². The van der Waals surface area contributed by atoms with E-state index in [1.54, 1.807) is 24.6 Å². The van der Waals surface area contributed by atoms with E-state index in [1.165, 1.54) is 23.5 Å². The van der Waals surface area contributed by atoms with Crippen LogP contribution >= 0.6 is 11.3 Å². The number of benzene rings is 1. The first-order chi connectivity index (χ1) is 10.9. The molecule has 1 heterocycles. The lowest BCUT2D eigenvalue weighted by Crippen LogP contribution is -2.26. The zero-order valence-corrected chi connectivity index (χ0v) is 14.4. The number of carbonyl (C=O) groups is 1. The van der Waals surface area contributed by atoms with Gasteiger partial charge in [0.2, 0.25) is 10.0 Å². The van der Waals surface area contributed by atoms with Crippen LogP contribution in [0.3, 0.4) is 0 Å². The van der Waals surface area contributed by atoms with Gasteiger partial charge < -0.3 is 4.57 Å². The molecule has 122 valence electrons. The van der Waals surface area contributed by atoms with Crippen molar-refractivity contribution in [2.24, 2.45) is 12.0 Å². The van der Waals surface area contributed by atoms with E-state index in [1.807, 2.05) is 11.6 Å². The molecule has 2 aromatic rings. The van der Waals surface area contributed by atoms with Crippen LogP contribution in [-0.2, 0) is 17.1 Å². The first-order valence-electron chi connectivity index (χ1n) is 7.19. The Morgan fingerprint density at radius 3 is 2.74 bits per heavy atom. The number of carbonyl (C=O) groups excluding carboxylic acids is 1. The Balaban J connectivity index is 1.98. The summed E-state index contributed by atoms with van der Waals surface area (Å²) in [5.74, 6) is -0.441. The van der Waals surface area contributed by atoms with Gasteiger partial charge in [-0.1, -0.05) is 6.07 Å². The van der Waals surface area contributed by atoms with Crippen molar-refractivity contribution in [1.29, 1.82) is 0 Å². The van der Waals surface area contributed by atoms with E-state index in [-0.39, 0.29) is 10.9 Å². The van der Waals surface area contributed by atoms with Crippen molar-refractivity contribution in [3.05, 3.63) is 45.7 Å². The molecule has 1 aromatic carbocycles. The smallest absolute Gasteiger partial charge is 0.279 e. The molecular formula is C15H17N3O3S2. The summed E-state index contributed by atoms with van der Waals surface area (Å²) in [6, 6.07) is 4.58. The Morgan fingerprint density at radius 1 is 1.39 bits per heavy atom. The minimum absolute atomic E-state index is 0.0234. The number of sulfonamides is 1. The average Bonchev–Trinajstić information content (AvgIpc) is 3.20. The third-order valence-electron chi connectivity index (χ3n) is 3.61. The second-order valence-corrected chi connectivity index (χ2v) is 8.17. The van der Waals surface area contributed by atoms with Gasteiger partial charge >= 0.3 is 0 Å². The molecule has 1 saturated carbocycles. The standard InChI is InChI=1S/C15H17N3O3S2/c1-10-3-6-12(23(20,21)17-11-4-5-11)9-13(10)14(19)16-15-18(2)7-8-22-15/h3,6-9,11,17H,4-5H2,1-2H3. The lowest BCUT2D eigenvalue weighted by atomic mass is 10.1. The number of thiazole rings is 1. The fourth-order valence-corrected chi connectivity index (χ4v) is 4.13. The van der Waals surface area contributed by atoms with Crippen LogP contribution in [0.2, 0.25) is 0 Å². The second kappa shape index (κ2) is 6.03. The SMILES string of the molecule is Cc1ccc(S(=O)(=O)NC2CC2)cc1C(=O)N=c1sccn1C. The fourth-order valence-electron chi connectivity index (χ4n) is 2.07. The Kier molecular flexibility index (Phi) is 4.22. The van der Waals surface area contributed by atoms with Gasteiger partial charge in [-0.05, 0) is 37.5 Å². The van der Waals surface area contributed by atoms with Gasteiger partial charge in [0, 0.05) is 30.2 Å². The van der Waals surface area contributed by atoms with E-state index in [0.29, 0.717) is 15.9 Å². The molecule has 0 bridgehead atoms. The number of hydrogen-bond donors (Lipinski definition) is 1. The lowest BCUT2D eigenvalue weighted by molar-refractivity contribution is 0.0997. The maximum Gasteiger partial charge on any atom is 0.279 e. The Hall–Kier alpha value is -1.77. The van der Waals surface area contributed by atoms with Crippen molar-refractivity contribution in [1.82, 2.24) is 9.29 Å². The van der Waals surface area contributed by atoms with E-state index >= 15 is 0 Å². The summed E-state index contributed by atoms with van der Waals surface area (Å²) in [4.78, 5) is 17.2. The van der Waals surface area contributed by atoms with Crippen LogP contribution in [0.1, 0.15) is 28.8 Å². The van der Waals surface area contributed by atoms with Crippen LogP contribution in [0, 0.1) is 6.92 Å². The van der Waals surface area contributed by atoms with Crippen LogP contribution < -0.4 is 9.52 Å². The highest BCUT2D eigenvalue weighted by atomic mass is 32.2. The van der Waals surface area contributed by atoms with Gasteiger partial charge in [0.25, 0.3) is 5.91 Å². The highest BCUT2D eigenvalue weighted by Crippen LogP contribution is 2.23. The van der Waals surface area contributed by atoms with Gasteiger partial charge in [-0.15, -0.1) is 11.3 Å². The van der Waals surface area contributed by atoms with E-state index in [4.69, 9.17) is 0 Å². The van der Waals surface area contributed by atoms with Crippen LogP contribution in [0.4, 0.5) is 0 Å². The van der Waals surface area contributed by atoms with Gasteiger partial charge in [0.15, 0.2) is 4.80 Å². The Bertz CT molecular complexity index is 921. The number of nitrogens with one attached hydrogen (secondary N) is 1. The predicted molar refractivity (Wildman–Crippen MR) is 87.7 cm³/mol. The second-order valence-electron chi connectivity index (χ2n) is 5.59.